The summed E-state index contributed by atoms with van der Waals surface area (Å²) in [4.78, 5) is 40.6. The van der Waals surface area contributed by atoms with E-state index >= 15 is 0 Å². The van der Waals surface area contributed by atoms with Crippen molar-refractivity contribution in [3.63, 3.8) is 0 Å². The maximum absolute atomic E-state index is 12.3. The number of hydrogen-bond donors (Lipinski definition) is 1. The minimum atomic E-state index is -0.609. The highest BCUT2D eigenvalue weighted by Gasteiger charge is 2.35. The summed E-state index contributed by atoms with van der Waals surface area (Å²) in [5, 5.41) is 2.51. The quantitative estimate of drug-likeness (QED) is 0.859. The van der Waals surface area contributed by atoms with Crippen molar-refractivity contribution < 1.29 is 19.1 Å². The molecule has 2 rings (SSSR count). The Balaban J connectivity index is 1.91. The summed E-state index contributed by atoms with van der Waals surface area (Å²) in [7, 11) is 0. The normalized spacial score (nSPS) is 20.6. The molecule has 118 valence electrons. The number of allylic oxidation sites excluding steroid dienone is 3. The molecule has 22 heavy (non-hydrogen) atoms. The van der Waals surface area contributed by atoms with E-state index in [-0.39, 0.29) is 19.0 Å². The number of ether oxygens (including phenoxy) is 1. The Morgan fingerprint density at radius 1 is 1.36 bits per heavy atom. The SMILES string of the molecule is CC(C)(C)OC(=O)NCCN1C(=O)N=C2C=CC=CC2C1=O. The lowest BCUT2D eigenvalue weighted by Crippen LogP contribution is -2.49. The Morgan fingerprint density at radius 3 is 2.77 bits per heavy atom. The first kappa shape index (κ1) is 15.9. The number of hydrogen-bond acceptors (Lipinski definition) is 4. The zero-order chi connectivity index (χ0) is 16.3. The maximum atomic E-state index is 12.3. The first-order chi connectivity index (χ1) is 10.3. The van der Waals surface area contributed by atoms with Crippen molar-refractivity contribution in [2.24, 2.45) is 10.9 Å². The highest BCUT2D eigenvalue weighted by atomic mass is 16.6. The molecule has 0 radical (unpaired) electrons. The molecule has 1 unspecified atom stereocenters. The largest absolute Gasteiger partial charge is 0.444 e. The highest BCUT2D eigenvalue weighted by Crippen LogP contribution is 2.19. The number of rotatable bonds is 3. The average molecular weight is 305 g/mol. The summed E-state index contributed by atoms with van der Waals surface area (Å²) in [6, 6.07) is -0.609. The van der Waals surface area contributed by atoms with Crippen LogP contribution in [-0.4, -0.2) is 47.3 Å². The molecule has 0 spiro atoms. The second kappa shape index (κ2) is 6.13. The van der Waals surface area contributed by atoms with E-state index in [1.165, 1.54) is 0 Å². The Bertz CT molecular complexity index is 584. The van der Waals surface area contributed by atoms with E-state index in [4.69, 9.17) is 4.74 Å². The minimum Gasteiger partial charge on any atom is -0.444 e. The summed E-state index contributed by atoms with van der Waals surface area (Å²) in [5.41, 5.74) is -0.145. The molecule has 0 fully saturated rings. The van der Waals surface area contributed by atoms with Crippen LogP contribution in [0.4, 0.5) is 9.59 Å². The van der Waals surface area contributed by atoms with E-state index < -0.39 is 23.6 Å². The number of nitrogens with one attached hydrogen (secondary N) is 1. The van der Waals surface area contributed by atoms with Crippen LogP contribution in [-0.2, 0) is 9.53 Å². The molecular formula is C15H19N3O4. The number of urea groups is 1. The van der Waals surface area contributed by atoms with Crippen LogP contribution in [0.25, 0.3) is 0 Å². The zero-order valence-electron chi connectivity index (χ0n) is 12.8. The Labute approximate surface area is 128 Å². The number of carbonyl (C=O) groups excluding carboxylic acids is 3. The standard InChI is InChI=1S/C15H19N3O4/c1-15(2,3)22-14(21)16-8-9-18-12(19)10-6-4-5-7-11(10)17-13(18)20/h4-7,10H,8-9H2,1-3H3,(H,16,21). The molecule has 2 aliphatic rings. The lowest BCUT2D eigenvalue weighted by Gasteiger charge is -2.28. The number of carbonyl (C=O) groups is 3. The Morgan fingerprint density at radius 2 is 2.09 bits per heavy atom. The smallest absolute Gasteiger partial charge is 0.407 e. The van der Waals surface area contributed by atoms with E-state index in [0.29, 0.717) is 5.71 Å². The number of aliphatic imine (C=N–C) groups is 1. The molecule has 0 aromatic carbocycles. The van der Waals surface area contributed by atoms with Gasteiger partial charge in [0.2, 0.25) is 5.91 Å². The van der Waals surface area contributed by atoms with Crippen LogP contribution >= 0.6 is 0 Å². The highest BCUT2D eigenvalue weighted by molar-refractivity contribution is 6.21. The van der Waals surface area contributed by atoms with Gasteiger partial charge in [0, 0.05) is 13.1 Å². The summed E-state index contributed by atoms with van der Waals surface area (Å²) in [5.74, 6) is -0.856. The molecule has 7 heteroatoms. The Kier molecular flexibility index (Phi) is 4.44. The fourth-order valence-electron chi connectivity index (χ4n) is 2.07. The van der Waals surface area contributed by atoms with Gasteiger partial charge in [-0.15, -0.1) is 0 Å². The summed E-state index contributed by atoms with van der Waals surface area (Å²) in [6.07, 6.45) is 6.23. The van der Waals surface area contributed by atoms with Crippen LogP contribution in [0.1, 0.15) is 20.8 Å². The third kappa shape index (κ3) is 3.81. The fraction of sp³-hybridized carbons (Fsp3) is 0.467. The van der Waals surface area contributed by atoms with Crippen LogP contribution in [0, 0.1) is 5.92 Å². The van der Waals surface area contributed by atoms with Gasteiger partial charge in [-0.1, -0.05) is 18.2 Å². The van der Waals surface area contributed by atoms with E-state index in [1.54, 1.807) is 45.1 Å². The number of alkyl carbamates (subject to hydrolysis) is 1. The van der Waals surface area contributed by atoms with E-state index in [0.717, 1.165) is 4.90 Å². The molecular weight excluding hydrogens is 286 g/mol. The summed E-state index contributed by atoms with van der Waals surface area (Å²) < 4.78 is 5.08. The van der Waals surface area contributed by atoms with Crippen LogP contribution in [0.2, 0.25) is 0 Å². The van der Waals surface area contributed by atoms with Crippen molar-refractivity contribution in [3.8, 4) is 0 Å². The second-order valence-electron chi connectivity index (χ2n) is 5.96. The molecule has 1 aliphatic heterocycles. The van der Waals surface area contributed by atoms with Gasteiger partial charge in [-0.25, -0.2) is 9.59 Å². The predicted octanol–water partition coefficient (Wildman–Crippen LogP) is 1.66. The van der Waals surface area contributed by atoms with Gasteiger partial charge in [0.05, 0.1) is 11.6 Å². The monoisotopic (exact) mass is 305 g/mol. The third-order valence-electron chi connectivity index (χ3n) is 2.99. The van der Waals surface area contributed by atoms with Gasteiger partial charge in [0.25, 0.3) is 0 Å². The Hall–Kier alpha value is -2.44. The second-order valence-corrected chi connectivity index (χ2v) is 5.96. The van der Waals surface area contributed by atoms with Crippen molar-refractivity contribution in [3.05, 3.63) is 24.3 Å². The van der Waals surface area contributed by atoms with Crippen molar-refractivity contribution in [1.29, 1.82) is 0 Å². The molecule has 0 aromatic heterocycles. The van der Waals surface area contributed by atoms with Crippen molar-refractivity contribution in [2.75, 3.05) is 13.1 Å². The predicted molar refractivity (Wildman–Crippen MR) is 80.6 cm³/mol. The number of nitrogens with zero attached hydrogens (tertiary/aromatic N) is 2. The van der Waals surface area contributed by atoms with Crippen LogP contribution in [0.15, 0.2) is 29.3 Å². The van der Waals surface area contributed by atoms with Gasteiger partial charge in [0.15, 0.2) is 0 Å². The summed E-state index contributed by atoms with van der Waals surface area (Å²) >= 11 is 0. The molecule has 7 nitrogen and oxygen atoms in total. The molecule has 1 atom stereocenters. The van der Waals surface area contributed by atoms with E-state index in [2.05, 4.69) is 10.3 Å². The lowest BCUT2D eigenvalue weighted by atomic mass is 9.95. The van der Waals surface area contributed by atoms with Crippen LogP contribution < -0.4 is 5.32 Å². The van der Waals surface area contributed by atoms with E-state index in [1.807, 2.05) is 0 Å². The fourth-order valence-corrected chi connectivity index (χ4v) is 2.07. The van der Waals surface area contributed by atoms with Crippen LogP contribution in [0.5, 0.6) is 0 Å². The van der Waals surface area contributed by atoms with Crippen molar-refractivity contribution in [2.45, 2.75) is 26.4 Å². The third-order valence-corrected chi connectivity index (χ3v) is 2.99. The van der Waals surface area contributed by atoms with Crippen molar-refractivity contribution in [1.82, 2.24) is 10.2 Å². The molecule has 4 amide bonds. The first-order valence-corrected chi connectivity index (χ1v) is 7.03. The molecule has 0 bridgehead atoms. The number of amides is 4. The van der Waals surface area contributed by atoms with Gasteiger partial charge in [-0.3, -0.25) is 9.69 Å². The molecule has 1 N–H and O–H groups in total. The van der Waals surface area contributed by atoms with Gasteiger partial charge in [0.1, 0.15) is 5.60 Å². The average Bonchev–Trinajstić information content (AvgIpc) is 2.40. The van der Waals surface area contributed by atoms with Gasteiger partial charge in [-0.2, -0.15) is 4.99 Å². The molecule has 1 heterocycles. The lowest BCUT2D eigenvalue weighted by molar-refractivity contribution is -0.129. The number of fused-ring (bicyclic) bond motifs is 1. The summed E-state index contributed by atoms with van der Waals surface area (Å²) in [6.45, 7) is 5.43. The molecule has 1 aliphatic carbocycles. The zero-order valence-corrected chi connectivity index (χ0v) is 12.8. The molecule has 0 saturated heterocycles. The maximum Gasteiger partial charge on any atom is 0.407 e. The minimum absolute atomic E-state index is 0.0573. The topological polar surface area (TPSA) is 88.1 Å². The van der Waals surface area contributed by atoms with Crippen molar-refractivity contribution >= 4 is 23.7 Å². The van der Waals surface area contributed by atoms with Gasteiger partial charge in [-0.05, 0) is 26.8 Å². The molecule has 0 aromatic rings. The van der Waals surface area contributed by atoms with Gasteiger partial charge < -0.3 is 10.1 Å². The first-order valence-electron chi connectivity index (χ1n) is 7.03. The number of imide groups is 1. The van der Waals surface area contributed by atoms with Gasteiger partial charge >= 0.3 is 12.1 Å². The van der Waals surface area contributed by atoms with E-state index in [9.17, 15) is 14.4 Å². The molecule has 0 saturated carbocycles. The van der Waals surface area contributed by atoms with Crippen LogP contribution in [0.3, 0.4) is 0 Å².